The van der Waals surface area contributed by atoms with Crippen molar-refractivity contribution in [1.82, 2.24) is 0 Å². The topological polar surface area (TPSA) is 407 Å². The van der Waals surface area contributed by atoms with E-state index in [-0.39, 0.29) is 76.0 Å². The van der Waals surface area contributed by atoms with Crippen molar-refractivity contribution in [2.75, 3.05) is 11.5 Å². The van der Waals surface area contributed by atoms with Crippen LogP contribution >= 0.6 is 24.1 Å². The Morgan fingerprint density at radius 3 is 1.82 bits per heavy atom. The molecule has 61 heavy (non-hydrogen) atoms. The van der Waals surface area contributed by atoms with E-state index in [2.05, 4.69) is 44.3 Å². The number of aromatic hydroxyl groups is 4. The molecule has 0 aliphatic carbocycles. The van der Waals surface area contributed by atoms with E-state index in [1.165, 1.54) is 30.3 Å². The summed E-state index contributed by atoms with van der Waals surface area (Å²) in [6.45, 7) is 0. The standard InChI is InChI=1S/C32H24N8O17S4/c33-19-11-17(58-56-54-46)5-13-8-26(61(51,52)53)30(32(44)27(13)19)38-36-22-4-2-16(10-24(22)42)40(45)39-15-1-3-21(23(41)9-15)35-37-29-25(59-57-55-47)7-14-6-18(60(48,49)50)12-20(34)28(14)31(29)43/h1-12,41-44,46-47H,33-34H2,(H,48,49,50)(H,51,52,53). The molecule has 318 valence electrons. The van der Waals surface area contributed by atoms with Crippen molar-refractivity contribution in [2.24, 2.45) is 25.6 Å². The van der Waals surface area contributed by atoms with E-state index in [4.69, 9.17) is 22.0 Å². The van der Waals surface area contributed by atoms with Gasteiger partial charge in [0.15, 0.2) is 11.5 Å². The molecule has 25 nitrogen and oxygen atoms in total. The van der Waals surface area contributed by atoms with Crippen LogP contribution in [0.1, 0.15) is 0 Å². The molecule has 0 aromatic heterocycles. The fourth-order valence-electron chi connectivity index (χ4n) is 5.48. The van der Waals surface area contributed by atoms with Crippen LogP contribution in [0.2, 0.25) is 0 Å². The Balaban J connectivity index is 1.26. The van der Waals surface area contributed by atoms with Gasteiger partial charge in [-0.15, -0.1) is 29.1 Å². The highest BCUT2D eigenvalue weighted by Gasteiger charge is 2.25. The predicted molar refractivity (Wildman–Crippen MR) is 211 cm³/mol. The lowest BCUT2D eigenvalue weighted by Gasteiger charge is -2.12. The summed E-state index contributed by atoms with van der Waals surface area (Å²) in [6.07, 6.45) is 0. The van der Waals surface area contributed by atoms with Crippen molar-refractivity contribution < 1.29 is 80.5 Å². The van der Waals surface area contributed by atoms with E-state index in [1.54, 1.807) is 0 Å². The molecule has 12 N–H and O–H groups in total. The molecule has 0 spiro atoms. The van der Waals surface area contributed by atoms with Gasteiger partial charge >= 0.3 is 0 Å². The number of phenols is 4. The molecular weight excluding hydrogens is 897 g/mol. The van der Waals surface area contributed by atoms with Gasteiger partial charge in [0.05, 0.1) is 39.9 Å². The summed E-state index contributed by atoms with van der Waals surface area (Å²) in [7, 11) is -9.76. The fraction of sp³-hybridized carbons (Fsp3) is 0. The van der Waals surface area contributed by atoms with Crippen LogP contribution in [0.4, 0.5) is 45.5 Å². The van der Waals surface area contributed by atoms with Crippen molar-refractivity contribution in [3.63, 3.8) is 0 Å². The highest BCUT2D eigenvalue weighted by molar-refractivity contribution is 7.95. The van der Waals surface area contributed by atoms with Crippen molar-refractivity contribution in [2.45, 2.75) is 19.6 Å². The van der Waals surface area contributed by atoms with E-state index in [9.17, 15) is 51.6 Å². The molecule has 0 radical (unpaired) electrons. The van der Waals surface area contributed by atoms with Crippen molar-refractivity contribution >= 4 is 111 Å². The third kappa shape index (κ3) is 9.62. The van der Waals surface area contributed by atoms with Gasteiger partial charge in [0, 0.05) is 44.3 Å². The number of nitrogens with zero attached hydrogens (tertiary/aromatic N) is 6. The number of hydrogen-bond acceptors (Lipinski definition) is 24. The van der Waals surface area contributed by atoms with Gasteiger partial charge in [0.1, 0.15) is 44.8 Å². The van der Waals surface area contributed by atoms with Gasteiger partial charge in [0.2, 0.25) is 5.69 Å². The van der Waals surface area contributed by atoms with Gasteiger partial charge in [-0.1, -0.05) is 10.1 Å². The number of nitrogen functional groups attached to an aromatic ring is 2. The first-order valence-electron chi connectivity index (χ1n) is 15.9. The lowest BCUT2D eigenvalue weighted by Crippen LogP contribution is -2.00. The van der Waals surface area contributed by atoms with E-state index in [0.717, 1.165) is 42.5 Å². The highest BCUT2D eigenvalue weighted by atomic mass is 32.2. The third-order valence-corrected chi connectivity index (χ3v) is 10.9. The summed E-state index contributed by atoms with van der Waals surface area (Å²) in [6, 6.07) is 13.1. The fourth-order valence-corrected chi connectivity index (χ4v) is 7.65. The summed E-state index contributed by atoms with van der Waals surface area (Å²) >= 11 is 0.793. The number of nitrogens with two attached hydrogens (primary N) is 2. The average Bonchev–Trinajstić information content (AvgIpc) is 3.18. The van der Waals surface area contributed by atoms with Crippen LogP contribution in [0.3, 0.4) is 0 Å². The molecule has 0 bridgehead atoms. The Morgan fingerprint density at radius 2 is 1.21 bits per heavy atom. The summed E-state index contributed by atoms with van der Waals surface area (Å²) in [5.74, 6) is -2.72. The van der Waals surface area contributed by atoms with Gasteiger partial charge in [-0.25, -0.2) is 10.5 Å². The minimum absolute atomic E-state index is 0.00303. The van der Waals surface area contributed by atoms with E-state index in [1.807, 2.05) is 0 Å². The molecule has 6 rings (SSSR count). The SMILES string of the molecule is Nc1cc(S(=O)(=O)O)cc2cc(SOOO)c(N=Nc3ccc(N=[N+]([O-])c4ccc(N=Nc5c(S(=O)(=O)O)cc6cc(SOOO)cc(N)c6c5O)c(O)c4)cc3O)c(O)c12. The van der Waals surface area contributed by atoms with Crippen LogP contribution in [-0.4, -0.2) is 61.7 Å². The summed E-state index contributed by atoms with van der Waals surface area (Å²) in [5, 5.41) is 99.3. The second-order valence-electron chi connectivity index (χ2n) is 11.9. The number of rotatable bonds is 14. The molecule has 0 saturated heterocycles. The molecule has 6 aromatic carbocycles. The van der Waals surface area contributed by atoms with Gasteiger partial charge in [-0.05, 0) is 70.2 Å². The summed E-state index contributed by atoms with van der Waals surface area (Å²) in [4.78, 5) is -1.36. The quantitative estimate of drug-likeness (QED) is 0.00937. The molecule has 0 aliphatic heterocycles. The van der Waals surface area contributed by atoms with Gasteiger partial charge in [-0.2, -0.15) is 16.8 Å². The van der Waals surface area contributed by atoms with Gasteiger partial charge in [0.25, 0.3) is 20.2 Å². The Kier molecular flexibility index (Phi) is 12.7. The predicted octanol–water partition coefficient (Wildman–Crippen LogP) is 8.09. The Hall–Kier alpha value is -6.48. The number of azo groups is 3. The lowest BCUT2D eigenvalue weighted by atomic mass is 10.1. The van der Waals surface area contributed by atoms with Crippen LogP contribution in [-0.2, 0) is 39.0 Å². The van der Waals surface area contributed by atoms with Crippen molar-refractivity contribution in [3.8, 4) is 23.0 Å². The number of fused-ring (bicyclic) bond motifs is 2. The number of anilines is 2. The second-order valence-corrected chi connectivity index (χ2v) is 16.2. The highest BCUT2D eigenvalue weighted by Crippen LogP contribution is 2.48. The molecule has 0 atom stereocenters. The molecule has 0 aliphatic rings. The first kappa shape index (κ1) is 44.1. The molecule has 6 aromatic rings. The van der Waals surface area contributed by atoms with Crippen LogP contribution in [0.25, 0.3) is 21.5 Å². The molecule has 0 amide bonds. The van der Waals surface area contributed by atoms with Crippen LogP contribution in [0.15, 0.2) is 118 Å². The lowest BCUT2D eigenvalue weighted by molar-refractivity contribution is -0.435. The van der Waals surface area contributed by atoms with E-state index < -0.39 is 58.7 Å². The Bertz CT molecular complexity index is 3060. The minimum Gasteiger partial charge on any atom is -0.594 e. The van der Waals surface area contributed by atoms with Crippen molar-refractivity contribution in [1.29, 1.82) is 0 Å². The average molecular weight is 921 g/mol. The molecular formula is C32H24N8O17S4. The number of benzene rings is 6. The third-order valence-electron chi connectivity index (χ3n) is 8.06. The van der Waals surface area contributed by atoms with Crippen LogP contribution in [0.5, 0.6) is 23.0 Å². The van der Waals surface area contributed by atoms with Crippen LogP contribution in [0, 0.1) is 5.21 Å². The van der Waals surface area contributed by atoms with E-state index >= 15 is 0 Å². The zero-order valence-electron chi connectivity index (χ0n) is 29.7. The maximum Gasteiger partial charge on any atom is 0.296 e. The summed E-state index contributed by atoms with van der Waals surface area (Å²) < 4.78 is 76.0. The van der Waals surface area contributed by atoms with Gasteiger partial charge in [-0.3, -0.25) is 9.11 Å². The maximum atomic E-state index is 12.9. The number of phenolic OH excluding ortho intramolecular Hbond substituents is 4. The van der Waals surface area contributed by atoms with Crippen molar-refractivity contribution in [3.05, 3.63) is 78.0 Å². The molecule has 29 heteroatoms. The molecule has 0 unspecified atom stereocenters. The summed E-state index contributed by atoms with van der Waals surface area (Å²) in [5.41, 5.74) is 9.49. The number of hydrogen-bond donors (Lipinski definition) is 10. The Labute approximate surface area is 348 Å². The van der Waals surface area contributed by atoms with E-state index in [0.29, 0.717) is 24.1 Å². The molecule has 0 saturated carbocycles. The second kappa shape index (κ2) is 17.6. The zero-order chi connectivity index (χ0) is 44.4. The Morgan fingerprint density at radius 1 is 0.639 bits per heavy atom. The first-order chi connectivity index (χ1) is 28.8. The largest absolute Gasteiger partial charge is 0.594 e. The smallest absolute Gasteiger partial charge is 0.296 e. The zero-order valence-corrected chi connectivity index (χ0v) is 32.9. The van der Waals surface area contributed by atoms with Gasteiger partial charge < -0.3 is 37.1 Å². The molecule has 0 heterocycles. The normalized spacial score (nSPS) is 12.7. The minimum atomic E-state index is -5.06. The molecule has 0 fully saturated rings. The van der Waals surface area contributed by atoms with Crippen LogP contribution < -0.4 is 11.5 Å². The first-order valence-corrected chi connectivity index (χ1v) is 20.3. The monoisotopic (exact) mass is 920 g/mol. The maximum absolute atomic E-state index is 12.9.